The summed E-state index contributed by atoms with van der Waals surface area (Å²) in [7, 11) is 0. The van der Waals surface area contributed by atoms with Crippen LogP contribution in [0, 0.1) is 0 Å². The van der Waals surface area contributed by atoms with Crippen LogP contribution in [0.25, 0.3) is 116 Å². The summed E-state index contributed by atoms with van der Waals surface area (Å²) < 4.78 is 14.2. The summed E-state index contributed by atoms with van der Waals surface area (Å²) in [6.45, 7) is 0. The first-order chi connectivity index (χ1) is 28.8. The molecule has 0 unspecified atom stereocenters. The van der Waals surface area contributed by atoms with Gasteiger partial charge in [-0.15, -0.1) is 0 Å². The minimum atomic E-state index is 0.878. The van der Waals surface area contributed by atoms with Crippen molar-refractivity contribution in [3.63, 3.8) is 0 Å². The van der Waals surface area contributed by atoms with Gasteiger partial charge in [-0.2, -0.15) is 0 Å². The lowest BCUT2D eigenvalue weighted by molar-refractivity contribution is 0.667. The smallest absolute Gasteiger partial charge is 0.159 e. The molecule has 5 aromatic heterocycles. The lowest BCUT2D eigenvalue weighted by Gasteiger charge is -2.11. The molecular formula is C53H32N4O. The third-order valence-corrected chi connectivity index (χ3v) is 12.1. The van der Waals surface area contributed by atoms with E-state index >= 15 is 0 Å². The number of nitrogens with zero attached hydrogens (tertiary/aromatic N) is 4. The monoisotopic (exact) mass is 740 g/mol. The zero-order valence-electron chi connectivity index (χ0n) is 31.2. The van der Waals surface area contributed by atoms with Crippen LogP contribution in [-0.4, -0.2) is 18.7 Å². The molecule has 0 N–H and O–H groups in total. The zero-order valence-corrected chi connectivity index (χ0v) is 31.2. The van der Waals surface area contributed by atoms with Gasteiger partial charge in [-0.05, 0) is 72.3 Å². The first-order valence-electron chi connectivity index (χ1n) is 19.7. The molecule has 0 radical (unpaired) electrons. The van der Waals surface area contributed by atoms with Crippen LogP contribution in [0.1, 0.15) is 0 Å². The first kappa shape index (κ1) is 31.3. The third kappa shape index (κ3) is 4.22. The first-order valence-corrected chi connectivity index (χ1v) is 19.7. The summed E-state index contributed by atoms with van der Waals surface area (Å²) in [5.74, 6) is 0. The zero-order chi connectivity index (χ0) is 37.9. The van der Waals surface area contributed by atoms with Crippen molar-refractivity contribution >= 4 is 87.4 Å². The predicted octanol–water partition coefficient (Wildman–Crippen LogP) is 13.9. The molecule has 13 rings (SSSR count). The largest absolute Gasteiger partial charge is 0.453 e. The minimum absolute atomic E-state index is 0.878. The van der Waals surface area contributed by atoms with Crippen molar-refractivity contribution in [1.82, 2.24) is 18.7 Å². The van der Waals surface area contributed by atoms with Crippen LogP contribution in [0.2, 0.25) is 0 Å². The standard InChI is InChI=1S/C53H32N4O/c1-3-13-33(14-4-1)36-19-11-20-37-38-21-12-24-49(53(38)58-52(36)37)57-44-23-10-8-18-40(44)51-48(57)28-27-47-50(51)39-17-7-9-22-43(39)56(47)35-25-26-45-41(31-35)42-32-54-30-29-46(42)55(45)34-15-5-2-6-16-34/h1-32H. The summed E-state index contributed by atoms with van der Waals surface area (Å²) in [5, 5.41) is 9.40. The predicted molar refractivity (Wildman–Crippen MR) is 240 cm³/mol. The van der Waals surface area contributed by atoms with Crippen molar-refractivity contribution in [3.8, 4) is 28.2 Å². The van der Waals surface area contributed by atoms with Crippen molar-refractivity contribution in [2.45, 2.75) is 0 Å². The molecule has 0 saturated carbocycles. The molecule has 58 heavy (non-hydrogen) atoms. The lowest BCUT2D eigenvalue weighted by atomic mass is 10.0. The fourth-order valence-electron chi connectivity index (χ4n) is 9.73. The summed E-state index contributed by atoms with van der Waals surface area (Å²) in [6, 6.07) is 65.3. The number of hydrogen-bond donors (Lipinski definition) is 0. The van der Waals surface area contributed by atoms with Crippen LogP contribution in [0.15, 0.2) is 199 Å². The quantitative estimate of drug-likeness (QED) is 0.180. The van der Waals surface area contributed by atoms with E-state index in [0.29, 0.717) is 0 Å². The fraction of sp³-hybridized carbons (Fsp3) is 0. The highest BCUT2D eigenvalue weighted by molar-refractivity contribution is 6.29. The normalized spacial score (nSPS) is 12.1. The Morgan fingerprint density at radius 3 is 1.71 bits per heavy atom. The van der Waals surface area contributed by atoms with Crippen LogP contribution < -0.4 is 0 Å². The maximum Gasteiger partial charge on any atom is 0.159 e. The SMILES string of the molecule is c1ccc(-c2cccc3c2oc2c(-n4c5ccccc5c5c6c7ccccc7n(-c7ccc8c(c7)c7cnccc7n8-c7ccccc7)c6ccc54)cccc23)cc1. The average molecular weight is 741 g/mol. The molecule has 0 saturated heterocycles. The van der Waals surface area contributed by atoms with Gasteiger partial charge in [0.15, 0.2) is 5.58 Å². The van der Waals surface area contributed by atoms with Gasteiger partial charge in [-0.3, -0.25) is 4.98 Å². The molecule has 0 aliphatic heterocycles. The molecule has 5 heteroatoms. The second-order valence-electron chi connectivity index (χ2n) is 15.1. The van der Waals surface area contributed by atoms with Gasteiger partial charge in [0, 0.05) is 72.4 Å². The molecule has 13 aromatic rings. The highest BCUT2D eigenvalue weighted by Crippen LogP contribution is 2.45. The van der Waals surface area contributed by atoms with Gasteiger partial charge >= 0.3 is 0 Å². The summed E-state index contributed by atoms with van der Waals surface area (Å²) in [6.07, 6.45) is 3.88. The van der Waals surface area contributed by atoms with Gasteiger partial charge in [0.25, 0.3) is 0 Å². The van der Waals surface area contributed by atoms with Crippen molar-refractivity contribution in [2.75, 3.05) is 0 Å². The van der Waals surface area contributed by atoms with Gasteiger partial charge in [0.05, 0.1) is 38.8 Å². The van der Waals surface area contributed by atoms with Crippen LogP contribution in [0.3, 0.4) is 0 Å². The molecule has 0 aliphatic rings. The second-order valence-corrected chi connectivity index (χ2v) is 15.1. The Hall–Kier alpha value is -7.89. The Morgan fingerprint density at radius 2 is 0.931 bits per heavy atom. The summed E-state index contributed by atoms with van der Waals surface area (Å²) in [5.41, 5.74) is 14.2. The number of pyridine rings is 1. The fourth-order valence-corrected chi connectivity index (χ4v) is 9.73. The van der Waals surface area contributed by atoms with E-state index in [9.17, 15) is 0 Å². The van der Waals surface area contributed by atoms with E-state index in [1.54, 1.807) is 0 Å². The van der Waals surface area contributed by atoms with E-state index in [-0.39, 0.29) is 0 Å². The van der Waals surface area contributed by atoms with E-state index in [1.165, 1.54) is 32.4 Å². The van der Waals surface area contributed by atoms with Gasteiger partial charge < -0.3 is 18.1 Å². The van der Waals surface area contributed by atoms with Gasteiger partial charge in [-0.1, -0.05) is 115 Å². The molecule has 0 amide bonds. The molecule has 0 bridgehead atoms. The summed E-state index contributed by atoms with van der Waals surface area (Å²) in [4.78, 5) is 4.57. The number of hydrogen-bond acceptors (Lipinski definition) is 2. The molecule has 0 atom stereocenters. The molecule has 5 nitrogen and oxygen atoms in total. The number of aromatic nitrogens is 4. The number of rotatable bonds is 4. The third-order valence-electron chi connectivity index (χ3n) is 12.1. The van der Waals surface area contributed by atoms with E-state index in [1.807, 2.05) is 12.4 Å². The van der Waals surface area contributed by atoms with Crippen molar-refractivity contribution in [3.05, 3.63) is 194 Å². The van der Waals surface area contributed by atoms with Crippen molar-refractivity contribution in [2.24, 2.45) is 0 Å². The Balaban J connectivity index is 1.09. The van der Waals surface area contributed by atoms with Gasteiger partial charge in [0.2, 0.25) is 0 Å². The summed E-state index contributed by atoms with van der Waals surface area (Å²) >= 11 is 0. The van der Waals surface area contributed by atoms with E-state index in [4.69, 9.17) is 4.42 Å². The van der Waals surface area contributed by atoms with E-state index in [0.717, 1.165) is 83.1 Å². The van der Waals surface area contributed by atoms with Gasteiger partial charge in [0.1, 0.15) is 5.58 Å². The van der Waals surface area contributed by atoms with Crippen molar-refractivity contribution in [1.29, 1.82) is 0 Å². The number of para-hydroxylation sites is 5. The second kappa shape index (κ2) is 11.8. The molecular weight excluding hydrogens is 709 g/mol. The minimum Gasteiger partial charge on any atom is -0.453 e. The van der Waals surface area contributed by atoms with Crippen LogP contribution >= 0.6 is 0 Å². The highest BCUT2D eigenvalue weighted by Gasteiger charge is 2.23. The van der Waals surface area contributed by atoms with E-state index in [2.05, 4.69) is 201 Å². The lowest BCUT2D eigenvalue weighted by Crippen LogP contribution is -1.96. The van der Waals surface area contributed by atoms with Crippen molar-refractivity contribution < 1.29 is 4.42 Å². The Kier molecular flexibility index (Phi) is 6.38. The molecule has 0 aliphatic carbocycles. The Bertz CT molecular complexity index is 3790. The molecule has 0 fully saturated rings. The number of furan rings is 1. The maximum atomic E-state index is 6.97. The highest BCUT2D eigenvalue weighted by atomic mass is 16.3. The number of benzene rings is 8. The average Bonchev–Trinajstić information content (AvgIpc) is 4.03. The topological polar surface area (TPSA) is 40.8 Å². The molecule has 5 heterocycles. The Morgan fingerprint density at radius 1 is 0.362 bits per heavy atom. The van der Waals surface area contributed by atoms with Gasteiger partial charge in [-0.25, -0.2) is 0 Å². The van der Waals surface area contributed by atoms with Crippen LogP contribution in [0.5, 0.6) is 0 Å². The van der Waals surface area contributed by atoms with E-state index < -0.39 is 0 Å². The van der Waals surface area contributed by atoms with Crippen LogP contribution in [0.4, 0.5) is 0 Å². The molecule has 270 valence electrons. The molecule has 8 aromatic carbocycles. The van der Waals surface area contributed by atoms with Crippen LogP contribution in [-0.2, 0) is 0 Å². The maximum absolute atomic E-state index is 6.97. The Labute approximate surface area is 331 Å². The molecule has 0 spiro atoms. The number of fused-ring (bicyclic) bond motifs is 13.